The van der Waals surface area contributed by atoms with Crippen LogP contribution in [-0.2, 0) is 6.54 Å². The zero-order valence-electron chi connectivity index (χ0n) is 16.8. The molecule has 3 aromatic rings. The van der Waals surface area contributed by atoms with Crippen molar-refractivity contribution >= 4 is 5.82 Å². The van der Waals surface area contributed by atoms with Crippen LogP contribution in [0.25, 0.3) is 5.82 Å². The van der Waals surface area contributed by atoms with Gasteiger partial charge in [0.15, 0.2) is 5.82 Å². The number of hydrogen-bond acceptors (Lipinski definition) is 7. The number of nitrogens with zero attached hydrogens (tertiary/aromatic N) is 8. The van der Waals surface area contributed by atoms with Crippen LogP contribution >= 0.6 is 0 Å². The summed E-state index contributed by atoms with van der Waals surface area (Å²) in [5, 5.41) is 8.61. The summed E-state index contributed by atoms with van der Waals surface area (Å²) in [7, 11) is 0. The smallest absolute Gasteiger partial charge is 0.266 e. The van der Waals surface area contributed by atoms with Crippen LogP contribution in [0.1, 0.15) is 25.6 Å². The van der Waals surface area contributed by atoms with E-state index in [-0.39, 0.29) is 5.56 Å². The third-order valence-corrected chi connectivity index (χ3v) is 5.09. The summed E-state index contributed by atoms with van der Waals surface area (Å²) in [5.74, 6) is 2.84. The van der Waals surface area contributed by atoms with Gasteiger partial charge < -0.3 is 4.90 Å². The Hall–Kier alpha value is -3.07. The van der Waals surface area contributed by atoms with E-state index in [9.17, 15) is 4.79 Å². The first-order chi connectivity index (χ1) is 14.1. The second-order valence-electron chi connectivity index (χ2n) is 7.46. The Bertz CT molecular complexity index is 990. The van der Waals surface area contributed by atoms with Gasteiger partial charge in [-0.2, -0.15) is 5.10 Å². The van der Waals surface area contributed by atoms with Crippen LogP contribution in [0.2, 0.25) is 0 Å². The SMILES string of the molecule is CC(C)c1nccc(N2CCN(CCn3nc(-n4cccn4)ccc3=O)CC2)n1. The zero-order valence-corrected chi connectivity index (χ0v) is 16.8. The molecule has 0 aromatic carbocycles. The average Bonchev–Trinajstić information content (AvgIpc) is 3.28. The van der Waals surface area contributed by atoms with Gasteiger partial charge in [0, 0.05) is 63.3 Å². The van der Waals surface area contributed by atoms with Crippen LogP contribution in [0.3, 0.4) is 0 Å². The maximum atomic E-state index is 12.2. The highest BCUT2D eigenvalue weighted by Crippen LogP contribution is 2.16. The third kappa shape index (κ3) is 4.51. The molecule has 0 radical (unpaired) electrons. The van der Waals surface area contributed by atoms with Gasteiger partial charge in [0.2, 0.25) is 0 Å². The Balaban J connectivity index is 1.34. The summed E-state index contributed by atoms with van der Waals surface area (Å²) in [6.45, 7) is 9.21. The molecule has 0 unspecified atom stereocenters. The minimum Gasteiger partial charge on any atom is -0.354 e. The molecule has 29 heavy (non-hydrogen) atoms. The lowest BCUT2D eigenvalue weighted by atomic mass is 10.2. The standard InChI is InChI=1S/C20H26N8O/c1-16(2)20-21-8-6-17(23-20)26-13-10-25(11-14-26)12-15-28-19(29)5-4-18(24-28)27-9-3-7-22-27/h3-9,16H,10-15H2,1-2H3. The molecule has 0 spiro atoms. The second-order valence-corrected chi connectivity index (χ2v) is 7.46. The molecule has 0 N–H and O–H groups in total. The van der Waals surface area contributed by atoms with Crippen LogP contribution in [0.4, 0.5) is 5.82 Å². The first-order valence-corrected chi connectivity index (χ1v) is 9.98. The van der Waals surface area contributed by atoms with Crippen molar-refractivity contribution in [3.63, 3.8) is 0 Å². The highest BCUT2D eigenvalue weighted by molar-refractivity contribution is 5.38. The van der Waals surface area contributed by atoms with E-state index in [4.69, 9.17) is 4.98 Å². The van der Waals surface area contributed by atoms with Crippen LogP contribution in [-0.4, -0.2) is 67.2 Å². The molecule has 0 amide bonds. The molecule has 0 atom stereocenters. The largest absolute Gasteiger partial charge is 0.354 e. The number of piperazine rings is 1. The van der Waals surface area contributed by atoms with E-state index in [1.54, 1.807) is 23.0 Å². The van der Waals surface area contributed by atoms with E-state index in [1.807, 2.05) is 24.5 Å². The molecule has 1 aliphatic heterocycles. The molecular weight excluding hydrogens is 368 g/mol. The zero-order chi connectivity index (χ0) is 20.2. The molecule has 1 fully saturated rings. The van der Waals surface area contributed by atoms with E-state index < -0.39 is 0 Å². The van der Waals surface area contributed by atoms with Crippen LogP contribution in [0.5, 0.6) is 0 Å². The molecular formula is C20H26N8O. The molecule has 9 nitrogen and oxygen atoms in total. The Morgan fingerprint density at radius 3 is 2.55 bits per heavy atom. The Labute approximate surface area is 169 Å². The summed E-state index contributed by atoms with van der Waals surface area (Å²) < 4.78 is 3.17. The van der Waals surface area contributed by atoms with Gasteiger partial charge in [0.1, 0.15) is 11.6 Å². The maximum absolute atomic E-state index is 12.2. The minimum atomic E-state index is -0.0956. The lowest BCUT2D eigenvalue weighted by Crippen LogP contribution is -2.48. The molecule has 4 rings (SSSR count). The van der Waals surface area contributed by atoms with Crippen molar-refractivity contribution < 1.29 is 0 Å². The van der Waals surface area contributed by atoms with Crippen molar-refractivity contribution in [3.05, 3.63) is 59.0 Å². The summed E-state index contributed by atoms with van der Waals surface area (Å²) in [4.78, 5) is 25.9. The molecule has 0 aliphatic carbocycles. The van der Waals surface area contributed by atoms with E-state index in [2.05, 4.69) is 38.8 Å². The monoisotopic (exact) mass is 394 g/mol. The lowest BCUT2D eigenvalue weighted by molar-refractivity contribution is 0.242. The van der Waals surface area contributed by atoms with Gasteiger partial charge in [-0.05, 0) is 18.2 Å². The Kier molecular flexibility index (Phi) is 5.66. The molecule has 3 aromatic heterocycles. The van der Waals surface area contributed by atoms with Crippen molar-refractivity contribution in [1.82, 2.24) is 34.4 Å². The van der Waals surface area contributed by atoms with Crippen LogP contribution in [0.15, 0.2) is 47.7 Å². The number of anilines is 1. The quantitative estimate of drug-likeness (QED) is 0.620. The fraction of sp³-hybridized carbons (Fsp3) is 0.450. The Morgan fingerprint density at radius 2 is 1.83 bits per heavy atom. The normalized spacial score (nSPS) is 15.2. The van der Waals surface area contributed by atoms with Crippen molar-refractivity contribution in [3.8, 4) is 5.82 Å². The fourth-order valence-corrected chi connectivity index (χ4v) is 3.38. The predicted molar refractivity (Wildman–Crippen MR) is 110 cm³/mol. The molecule has 1 saturated heterocycles. The molecule has 152 valence electrons. The van der Waals surface area contributed by atoms with Crippen molar-refractivity contribution in [2.24, 2.45) is 0 Å². The molecule has 0 bridgehead atoms. The van der Waals surface area contributed by atoms with Crippen molar-refractivity contribution in [1.29, 1.82) is 0 Å². The van der Waals surface area contributed by atoms with Crippen molar-refractivity contribution in [2.75, 3.05) is 37.6 Å². The molecule has 9 heteroatoms. The van der Waals surface area contributed by atoms with Gasteiger partial charge in [-0.3, -0.25) is 9.69 Å². The molecule has 1 aliphatic rings. The first-order valence-electron chi connectivity index (χ1n) is 9.98. The van der Waals surface area contributed by atoms with Crippen LogP contribution < -0.4 is 10.5 Å². The fourth-order valence-electron chi connectivity index (χ4n) is 3.38. The van der Waals surface area contributed by atoms with E-state index in [0.717, 1.165) is 44.4 Å². The average molecular weight is 394 g/mol. The predicted octanol–water partition coefficient (Wildman–Crippen LogP) is 1.16. The second kappa shape index (κ2) is 8.52. The van der Waals surface area contributed by atoms with Crippen molar-refractivity contribution in [2.45, 2.75) is 26.3 Å². The first kappa shape index (κ1) is 19.3. The van der Waals surface area contributed by atoms with Gasteiger partial charge in [0.25, 0.3) is 5.56 Å². The van der Waals surface area contributed by atoms with Gasteiger partial charge in [0.05, 0.1) is 6.54 Å². The highest BCUT2D eigenvalue weighted by Gasteiger charge is 2.19. The van der Waals surface area contributed by atoms with Gasteiger partial charge in [-0.1, -0.05) is 13.8 Å². The molecule has 0 saturated carbocycles. The molecule has 4 heterocycles. The van der Waals surface area contributed by atoms with E-state index in [0.29, 0.717) is 18.3 Å². The van der Waals surface area contributed by atoms with Gasteiger partial charge in [-0.15, -0.1) is 5.10 Å². The van der Waals surface area contributed by atoms with E-state index >= 15 is 0 Å². The topological polar surface area (TPSA) is 85.0 Å². The highest BCUT2D eigenvalue weighted by atomic mass is 16.1. The number of aromatic nitrogens is 6. The maximum Gasteiger partial charge on any atom is 0.266 e. The van der Waals surface area contributed by atoms with Crippen LogP contribution in [0, 0.1) is 0 Å². The third-order valence-electron chi connectivity index (χ3n) is 5.09. The lowest BCUT2D eigenvalue weighted by Gasteiger charge is -2.35. The summed E-state index contributed by atoms with van der Waals surface area (Å²) in [6.07, 6.45) is 5.35. The number of hydrogen-bond donors (Lipinski definition) is 0. The van der Waals surface area contributed by atoms with Gasteiger partial charge in [-0.25, -0.2) is 19.3 Å². The minimum absolute atomic E-state index is 0.0956. The summed E-state index contributed by atoms with van der Waals surface area (Å²) in [6, 6.07) is 7.05. The number of rotatable bonds is 6. The van der Waals surface area contributed by atoms with Gasteiger partial charge >= 0.3 is 0 Å². The summed E-state index contributed by atoms with van der Waals surface area (Å²) in [5.41, 5.74) is -0.0956. The summed E-state index contributed by atoms with van der Waals surface area (Å²) >= 11 is 0. The Morgan fingerprint density at radius 1 is 1.00 bits per heavy atom. The van der Waals surface area contributed by atoms with E-state index in [1.165, 1.54) is 4.68 Å².